The number of hydrogen-bond donors (Lipinski definition) is 1. The third-order valence-electron chi connectivity index (χ3n) is 5.47. The molecule has 5 rings (SSSR count). The van der Waals surface area contributed by atoms with Crippen LogP contribution in [-0.2, 0) is 16.0 Å². The Kier molecular flexibility index (Phi) is 6.37. The van der Waals surface area contributed by atoms with Gasteiger partial charge in [0.15, 0.2) is 4.34 Å². The number of esters is 1. The van der Waals surface area contributed by atoms with Crippen LogP contribution < -0.4 is 5.32 Å². The minimum atomic E-state index is -0.505. The van der Waals surface area contributed by atoms with Crippen LogP contribution in [0.25, 0.3) is 10.6 Å². The summed E-state index contributed by atoms with van der Waals surface area (Å²) in [4.78, 5) is 13.0. The highest BCUT2D eigenvalue weighted by Gasteiger charge is 2.36. The van der Waals surface area contributed by atoms with E-state index in [1.54, 1.807) is 4.68 Å². The first kappa shape index (κ1) is 22.2. The quantitative estimate of drug-likeness (QED) is 0.303. The zero-order chi connectivity index (χ0) is 23.5. The number of benzene rings is 2. The van der Waals surface area contributed by atoms with Crippen molar-refractivity contribution < 1.29 is 9.53 Å². The van der Waals surface area contributed by atoms with Crippen molar-refractivity contribution in [1.82, 2.24) is 30.4 Å². The summed E-state index contributed by atoms with van der Waals surface area (Å²) in [5, 5.41) is 24.7. The van der Waals surface area contributed by atoms with Gasteiger partial charge in [-0.15, -0.1) is 10.2 Å². The van der Waals surface area contributed by atoms with Gasteiger partial charge >= 0.3 is 5.97 Å². The lowest BCUT2D eigenvalue weighted by molar-refractivity contribution is -0.136. The van der Waals surface area contributed by atoms with Crippen LogP contribution in [0.1, 0.15) is 24.1 Å². The van der Waals surface area contributed by atoms with Crippen LogP contribution in [0, 0.1) is 0 Å². The fourth-order valence-electron chi connectivity index (χ4n) is 3.74. The van der Waals surface area contributed by atoms with E-state index in [4.69, 9.17) is 4.74 Å². The Hall–Kier alpha value is -3.57. The Labute approximate surface area is 204 Å². The number of tetrazole rings is 1. The zero-order valence-corrected chi connectivity index (χ0v) is 20.1. The first-order valence-electron chi connectivity index (χ1n) is 10.6. The number of anilines is 1. The van der Waals surface area contributed by atoms with Crippen LogP contribution in [0.2, 0.25) is 0 Å². The Morgan fingerprint density at radius 2 is 1.91 bits per heavy atom. The maximum absolute atomic E-state index is 13.0. The molecule has 1 unspecified atom stereocenters. The van der Waals surface area contributed by atoms with Crippen molar-refractivity contribution in [3.05, 3.63) is 77.0 Å². The number of aromatic nitrogens is 6. The fraction of sp³-hybridized carbons (Fsp3) is 0.217. The van der Waals surface area contributed by atoms with Gasteiger partial charge in [-0.1, -0.05) is 89.7 Å². The molecule has 1 atom stereocenters. The van der Waals surface area contributed by atoms with Gasteiger partial charge < -0.3 is 10.1 Å². The maximum atomic E-state index is 13.0. The van der Waals surface area contributed by atoms with Crippen LogP contribution in [0.4, 0.5) is 5.95 Å². The highest BCUT2D eigenvalue weighted by atomic mass is 32.2. The van der Waals surface area contributed by atoms with Crippen molar-refractivity contribution in [2.75, 3.05) is 18.2 Å². The van der Waals surface area contributed by atoms with Crippen molar-refractivity contribution in [3.8, 4) is 10.6 Å². The van der Waals surface area contributed by atoms with Crippen LogP contribution in [0.3, 0.4) is 0 Å². The molecule has 0 saturated carbocycles. The first-order chi connectivity index (χ1) is 16.7. The Morgan fingerprint density at radius 3 is 2.65 bits per heavy atom. The van der Waals surface area contributed by atoms with E-state index in [0.717, 1.165) is 26.9 Å². The second kappa shape index (κ2) is 9.74. The molecule has 1 aliphatic heterocycles. The van der Waals surface area contributed by atoms with Gasteiger partial charge in [-0.05, 0) is 28.0 Å². The van der Waals surface area contributed by atoms with E-state index in [1.165, 1.54) is 35.8 Å². The van der Waals surface area contributed by atoms with E-state index in [2.05, 4.69) is 50.1 Å². The smallest absolute Gasteiger partial charge is 0.338 e. The lowest BCUT2D eigenvalue weighted by Crippen LogP contribution is -2.30. The van der Waals surface area contributed by atoms with Crippen molar-refractivity contribution in [2.24, 2.45) is 0 Å². The third-order valence-corrected chi connectivity index (χ3v) is 7.61. The molecule has 0 amide bonds. The molecule has 0 spiro atoms. The molecule has 11 heteroatoms. The fourth-order valence-corrected chi connectivity index (χ4v) is 5.57. The number of aryl methyl sites for hydroxylation is 1. The average Bonchev–Trinajstić information content (AvgIpc) is 3.56. The maximum Gasteiger partial charge on any atom is 0.338 e. The van der Waals surface area contributed by atoms with E-state index in [-0.39, 0.29) is 0 Å². The predicted molar refractivity (Wildman–Crippen MR) is 131 cm³/mol. The summed E-state index contributed by atoms with van der Waals surface area (Å²) in [6.07, 6.45) is 0.928. The van der Waals surface area contributed by atoms with Gasteiger partial charge in [0, 0.05) is 17.0 Å². The second-order valence-electron chi connectivity index (χ2n) is 7.48. The molecule has 0 bridgehead atoms. The number of nitrogens with zero attached hydrogens (tertiary/aromatic N) is 6. The van der Waals surface area contributed by atoms with E-state index in [9.17, 15) is 4.79 Å². The van der Waals surface area contributed by atoms with Gasteiger partial charge in [-0.3, -0.25) is 0 Å². The summed E-state index contributed by atoms with van der Waals surface area (Å²) in [6, 6.07) is 17.5. The number of rotatable bonds is 7. The molecule has 172 valence electrons. The molecule has 4 aromatic rings. The van der Waals surface area contributed by atoms with Gasteiger partial charge in [-0.25, -0.2) is 4.79 Å². The molecule has 0 fully saturated rings. The van der Waals surface area contributed by atoms with Crippen LogP contribution >= 0.6 is 23.1 Å². The topological polar surface area (TPSA) is 108 Å². The number of hydrogen-bond acceptors (Lipinski definition) is 10. The number of fused-ring (bicyclic) bond motifs is 1. The van der Waals surface area contributed by atoms with Gasteiger partial charge in [0.25, 0.3) is 0 Å². The SMILES string of the molecule is CCc1ccc(C2C(C(=O)OC)=C(CSc3nnc(-c4ccccc4)s3)Nc3nnnn32)cc1. The van der Waals surface area contributed by atoms with Gasteiger partial charge in [0.1, 0.15) is 11.0 Å². The molecule has 0 saturated heterocycles. The monoisotopic (exact) mass is 491 g/mol. The van der Waals surface area contributed by atoms with E-state index in [1.807, 2.05) is 42.5 Å². The number of methoxy groups -OCH3 is 1. The number of nitrogens with one attached hydrogen (secondary N) is 1. The molecule has 1 N–H and O–H groups in total. The molecular weight excluding hydrogens is 470 g/mol. The summed E-state index contributed by atoms with van der Waals surface area (Å²) in [5.74, 6) is 0.482. The second-order valence-corrected chi connectivity index (χ2v) is 9.68. The highest BCUT2D eigenvalue weighted by molar-refractivity contribution is 8.01. The largest absolute Gasteiger partial charge is 0.466 e. The lowest BCUT2D eigenvalue weighted by atomic mass is 9.95. The molecule has 3 heterocycles. The third kappa shape index (κ3) is 4.31. The first-order valence-corrected chi connectivity index (χ1v) is 12.4. The van der Waals surface area contributed by atoms with E-state index >= 15 is 0 Å². The number of carbonyl (C=O) groups is 1. The van der Waals surface area contributed by atoms with Crippen molar-refractivity contribution in [1.29, 1.82) is 0 Å². The molecular formula is C23H21N7O2S2. The standard InChI is InChI=1S/C23H21N7O2S2/c1-3-14-9-11-15(12-10-14)19-18(21(31)32-2)17(24-22-26-28-29-30(19)22)13-33-23-27-25-20(34-23)16-7-5-4-6-8-16/h4-12,19H,3,13H2,1-2H3,(H,24,26,29). The summed E-state index contributed by atoms with van der Waals surface area (Å²) >= 11 is 3.00. The molecule has 34 heavy (non-hydrogen) atoms. The molecule has 2 aromatic heterocycles. The normalized spacial score (nSPS) is 15.1. The molecule has 0 radical (unpaired) electrons. The summed E-state index contributed by atoms with van der Waals surface area (Å²) in [5.41, 5.74) is 4.27. The summed E-state index contributed by atoms with van der Waals surface area (Å²) in [6.45, 7) is 2.10. The number of carbonyl (C=O) groups excluding carboxylic acids is 1. The number of ether oxygens (including phenoxy) is 1. The van der Waals surface area contributed by atoms with Gasteiger partial charge in [0.05, 0.1) is 12.7 Å². The van der Waals surface area contributed by atoms with E-state index in [0.29, 0.717) is 23.0 Å². The lowest BCUT2D eigenvalue weighted by Gasteiger charge is -2.28. The van der Waals surface area contributed by atoms with Crippen molar-refractivity contribution in [3.63, 3.8) is 0 Å². The minimum absolute atomic E-state index is 0.434. The predicted octanol–water partition coefficient (Wildman–Crippen LogP) is 3.99. The Morgan fingerprint density at radius 1 is 1.12 bits per heavy atom. The molecule has 9 nitrogen and oxygen atoms in total. The number of thioether (sulfide) groups is 1. The van der Waals surface area contributed by atoms with Gasteiger partial charge in [0.2, 0.25) is 5.95 Å². The average molecular weight is 492 g/mol. The molecule has 1 aliphatic rings. The van der Waals surface area contributed by atoms with Crippen LogP contribution in [0.15, 0.2) is 70.2 Å². The van der Waals surface area contributed by atoms with Crippen LogP contribution in [0.5, 0.6) is 0 Å². The molecule has 0 aliphatic carbocycles. The zero-order valence-electron chi connectivity index (χ0n) is 18.5. The van der Waals surface area contributed by atoms with Gasteiger partial charge in [-0.2, -0.15) is 4.68 Å². The van der Waals surface area contributed by atoms with Crippen molar-refractivity contribution in [2.45, 2.75) is 23.7 Å². The summed E-state index contributed by atoms with van der Waals surface area (Å²) in [7, 11) is 1.38. The van der Waals surface area contributed by atoms with Crippen LogP contribution in [-0.4, -0.2) is 49.2 Å². The Bertz CT molecular complexity index is 1330. The summed E-state index contributed by atoms with van der Waals surface area (Å²) < 4.78 is 7.58. The highest BCUT2D eigenvalue weighted by Crippen LogP contribution is 2.38. The Balaban J connectivity index is 1.48. The van der Waals surface area contributed by atoms with E-state index < -0.39 is 12.0 Å². The van der Waals surface area contributed by atoms with Crippen molar-refractivity contribution >= 4 is 35.0 Å². The molecule has 2 aromatic carbocycles. The minimum Gasteiger partial charge on any atom is -0.466 e.